The van der Waals surface area contributed by atoms with E-state index in [4.69, 9.17) is 5.11 Å². The Kier molecular flexibility index (Phi) is 4.70. The number of aliphatic hydroxyl groups is 1. The fourth-order valence-electron chi connectivity index (χ4n) is 1.85. The lowest BCUT2D eigenvalue weighted by Crippen LogP contribution is -2.12. The number of hydrogen-bond acceptors (Lipinski definition) is 2. The van der Waals surface area contributed by atoms with Crippen molar-refractivity contribution in [1.29, 1.82) is 0 Å². The molecule has 0 aromatic heterocycles. The Morgan fingerprint density at radius 2 is 1.95 bits per heavy atom. The van der Waals surface area contributed by atoms with E-state index in [2.05, 4.69) is 17.2 Å². The first-order valence-corrected chi connectivity index (χ1v) is 6.37. The van der Waals surface area contributed by atoms with Crippen LogP contribution >= 0.6 is 0 Å². The minimum atomic E-state index is -0.435. The number of amides is 1. The molecule has 0 saturated carbocycles. The number of halogens is 1. The number of carbonyl (C=O) groups excluding carboxylic acids is 1. The first kappa shape index (κ1) is 14.8. The molecule has 21 heavy (non-hydrogen) atoms. The molecular weight excluding hydrogens is 269 g/mol. The summed E-state index contributed by atoms with van der Waals surface area (Å²) in [6.45, 7) is 1.53. The summed E-state index contributed by atoms with van der Waals surface area (Å²) in [5.41, 5.74) is 2.30. The van der Waals surface area contributed by atoms with Crippen molar-refractivity contribution in [3.63, 3.8) is 0 Å². The summed E-state index contributed by atoms with van der Waals surface area (Å²) in [4.78, 5) is 12.0. The minimum absolute atomic E-state index is 0.197. The van der Waals surface area contributed by atoms with Crippen molar-refractivity contribution in [3.05, 3.63) is 65.0 Å². The molecule has 2 N–H and O–H groups in total. The third-order valence-corrected chi connectivity index (χ3v) is 2.76. The Hall–Kier alpha value is -2.64. The van der Waals surface area contributed by atoms with Gasteiger partial charge in [-0.05, 0) is 55.0 Å². The van der Waals surface area contributed by atoms with E-state index in [1.807, 2.05) is 0 Å². The zero-order chi connectivity index (χ0) is 15.2. The maximum Gasteiger partial charge on any atom is 0.255 e. The lowest BCUT2D eigenvalue weighted by molar-refractivity contribution is 0.102. The number of benzene rings is 2. The van der Waals surface area contributed by atoms with E-state index in [0.29, 0.717) is 11.3 Å². The van der Waals surface area contributed by atoms with Crippen molar-refractivity contribution in [2.45, 2.75) is 6.92 Å². The number of hydrogen-bond donors (Lipinski definition) is 2. The standard InChI is InChI=1S/C17H14FNO2/c1-12-9-14(11-15(18)10-12)17(21)19-16-6-4-13(5-7-16)3-2-8-20/h4-7,9-11,20H,8H2,1H3,(H,19,21). The van der Waals surface area contributed by atoms with Gasteiger partial charge in [0.25, 0.3) is 5.91 Å². The average Bonchev–Trinajstić information content (AvgIpc) is 2.45. The van der Waals surface area contributed by atoms with Gasteiger partial charge in [0, 0.05) is 16.8 Å². The molecule has 2 aromatic rings. The van der Waals surface area contributed by atoms with Crippen LogP contribution in [-0.4, -0.2) is 17.6 Å². The highest BCUT2D eigenvalue weighted by Crippen LogP contribution is 2.13. The first-order chi connectivity index (χ1) is 10.1. The fourth-order valence-corrected chi connectivity index (χ4v) is 1.85. The highest BCUT2D eigenvalue weighted by Gasteiger charge is 2.08. The summed E-state index contributed by atoms with van der Waals surface area (Å²) in [6.07, 6.45) is 0. The van der Waals surface area contributed by atoms with Crippen molar-refractivity contribution in [2.75, 3.05) is 11.9 Å². The van der Waals surface area contributed by atoms with E-state index in [1.165, 1.54) is 12.1 Å². The normalized spacial score (nSPS) is 9.67. The van der Waals surface area contributed by atoms with Crippen LogP contribution in [0.3, 0.4) is 0 Å². The van der Waals surface area contributed by atoms with E-state index in [-0.39, 0.29) is 18.1 Å². The molecule has 2 rings (SSSR count). The third kappa shape index (κ3) is 4.16. The van der Waals surface area contributed by atoms with E-state index in [0.717, 1.165) is 5.56 Å². The Bertz CT molecular complexity index is 692. The van der Waals surface area contributed by atoms with Crippen LogP contribution in [0.15, 0.2) is 42.5 Å². The average molecular weight is 283 g/mol. The molecule has 0 radical (unpaired) electrons. The van der Waals surface area contributed by atoms with Crippen molar-refractivity contribution < 1.29 is 14.3 Å². The van der Waals surface area contributed by atoms with Gasteiger partial charge in [-0.15, -0.1) is 0 Å². The van der Waals surface area contributed by atoms with Crippen LogP contribution in [0, 0.1) is 24.6 Å². The second-order valence-electron chi connectivity index (χ2n) is 4.51. The Labute approximate surface area is 122 Å². The Morgan fingerprint density at radius 1 is 1.24 bits per heavy atom. The van der Waals surface area contributed by atoms with Crippen LogP contribution in [-0.2, 0) is 0 Å². The van der Waals surface area contributed by atoms with E-state index in [1.54, 1.807) is 37.3 Å². The number of anilines is 1. The van der Waals surface area contributed by atoms with Gasteiger partial charge in [-0.2, -0.15) is 0 Å². The molecule has 0 saturated heterocycles. The number of aryl methyl sites for hydroxylation is 1. The smallest absolute Gasteiger partial charge is 0.255 e. The summed E-state index contributed by atoms with van der Waals surface area (Å²) in [5.74, 6) is 4.49. The molecular formula is C17H14FNO2. The molecule has 106 valence electrons. The molecule has 1 amide bonds. The molecule has 0 fully saturated rings. The van der Waals surface area contributed by atoms with Gasteiger partial charge in [-0.3, -0.25) is 4.79 Å². The number of aliphatic hydroxyl groups excluding tert-OH is 1. The monoisotopic (exact) mass is 283 g/mol. The highest BCUT2D eigenvalue weighted by atomic mass is 19.1. The lowest BCUT2D eigenvalue weighted by atomic mass is 10.1. The van der Waals surface area contributed by atoms with Gasteiger partial charge in [0.1, 0.15) is 12.4 Å². The molecule has 0 aliphatic rings. The molecule has 0 unspecified atom stereocenters. The number of carbonyl (C=O) groups is 1. The molecule has 0 heterocycles. The lowest BCUT2D eigenvalue weighted by Gasteiger charge is -2.06. The second kappa shape index (κ2) is 6.69. The molecule has 2 aromatic carbocycles. The second-order valence-corrected chi connectivity index (χ2v) is 4.51. The molecule has 0 atom stereocenters. The van der Waals surface area contributed by atoms with Gasteiger partial charge in [-0.1, -0.05) is 11.8 Å². The zero-order valence-electron chi connectivity index (χ0n) is 11.5. The summed E-state index contributed by atoms with van der Waals surface area (Å²) in [7, 11) is 0. The van der Waals surface area contributed by atoms with Gasteiger partial charge in [0.15, 0.2) is 0 Å². The molecule has 3 nitrogen and oxygen atoms in total. The minimum Gasteiger partial charge on any atom is -0.384 e. The van der Waals surface area contributed by atoms with Crippen LogP contribution in [0.2, 0.25) is 0 Å². The van der Waals surface area contributed by atoms with E-state index < -0.39 is 5.82 Å². The van der Waals surface area contributed by atoms with Crippen LogP contribution in [0.1, 0.15) is 21.5 Å². The van der Waals surface area contributed by atoms with Crippen LogP contribution < -0.4 is 5.32 Å². The van der Waals surface area contributed by atoms with Gasteiger partial charge in [-0.25, -0.2) is 4.39 Å². The van der Waals surface area contributed by atoms with Gasteiger partial charge in [0.05, 0.1) is 0 Å². The van der Waals surface area contributed by atoms with Crippen molar-refractivity contribution in [1.82, 2.24) is 0 Å². The van der Waals surface area contributed by atoms with Crippen LogP contribution in [0.25, 0.3) is 0 Å². The maximum atomic E-state index is 13.3. The predicted octanol–water partition coefficient (Wildman–Crippen LogP) is 2.73. The van der Waals surface area contributed by atoms with Crippen molar-refractivity contribution in [2.24, 2.45) is 0 Å². The zero-order valence-corrected chi connectivity index (χ0v) is 11.5. The van der Waals surface area contributed by atoms with Gasteiger partial charge in [0.2, 0.25) is 0 Å². The van der Waals surface area contributed by atoms with Crippen molar-refractivity contribution in [3.8, 4) is 11.8 Å². The number of nitrogens with one attached hydrogen (secondary N) is 1. The van der Waals surface area contributed by atoms with E-state index >= 15 is 0 Å². The highest BCUT2D eigenvalue weighted by molar-refractivity contribution is 6.04. The Balaban J connectivity index is 2.12. The molecule has 0 aliphatic carbocycles. The first-order valence-electron chi connectivity index (χ1n) is 6.37. The van der Waals surface area contributed by atoms with Gasteiger partial charge < -0.3 is 10.4 Å². The third-order valence-electron chi connectivity index (χ3n) is 2.76. The summed E-state index contributed by atoms with van der Waals surface area (Å²) < 4.78 is 13.3. The Morgan fingerprint density at radius 3 is 2.57 bits per heavy atom. The largest absolute Gasteiger partial charge is 0.384 e. The quantitative estimate of drug-likeness (QED) is 0.833. The molecule has 0 aliphatic heterocycles. The SMILES string of the molecule is Cc1cc(F)cc(C(=O)Nc2ccc(C#CCO)cc2)c1. The fraction of sp³-hybridized carbons (Fsp3) is 0.118. The van der Waals surface area contributed by atoms with Crippen LogP contribution in [0.4, 0.5) is 10.1 Å². The predicted molar refractivity (Wildman–Crippen MR) is 79.5 cm³/mol. The van der Waals surface area contributed by atoms with Gasteiger partial charge >= 0.3 is 0 Å². The van der Waals surface area contributed by atoms with Crippen LogP contribution in [0.5, 0.6) is 0 Å². The number of rotatable bonds is 2. The molecule has 0 spiro atoms. The topological polar surface area (TPSA) is 49.3 Å². The summed E-state index contributed by atoms with van der Waals surface area (Å²) in [5, 5.41) is 11.3. The summed E-state index contributed by atoms with van der Waals surface area (Å²) in [6, 6.07) is 11.1. The molecule has 0 bridgehead atoms. The maximum absolute atomic E-state index is 13.3. The summed E-state index contributed by atoms with van der Waals surface area (Å²) >= 11 is 0. The molecule has 4 heteroatoms. The van der Waals surface area contributed by atoms with E-state index in [9.17, 15) is 9.18 Å². The van der Waals surface area contributed by atoms with Crippen molar-refractivity contribution >= 4 is 11.6 Å².